The number of hydrogen-bond acceptors (Lipinski definition) is 3. The lowest BCUT2D eigenvalue weighted by atomic mass is 10.3. The number of carboxylic acids is 1. The van der Waals surface area contributed by atoms with Gasteiger partial charge in [0, 0.05) is 32.9 Å². The van der Waals surface area contributed by atoms with Crippen LogP contribution >= 0.6 is 0 Å². The number of carbonyl (C=O) groups is 3. The molecule has 2 rings (SSSR count). The van der Waals surface area contributed by atoms with Gasteiger partial charge in [-0.2, -0.15) is 0 Å². The summed E-state index contributed by atoms with van der Waals surface area (Å²) in [6.07, 6.45) is 4.26. The van der Waals surface area contributed by atoms with Crippen LogP contribution in [0, 0.1) is 0 Å². The minimum absolute atomic E-state index is 0.0867. The second kappa shape index (κ2) is 7.03. The Hall–Kier alpha value is -3.03. The van der Waals surface area contributed by atoms with Gasteiger partial charge >= 0.3 is 5.97 Å². The maximum absolute atomic E-state index is 12.5. The van der Waals surface area contributed by atoms with Crippen LogP contribution in [0.25, 0.3) is 0 Å². The number of aromatic carboxylic acids is 1. The van der Waals surface area contributed by atoms with Crippen LogP contribution < -0.4 is 10.2 Å². The Kier molecular flexibility index (Phi) is 5.08. The van der Waals surface area contributed by atoms with Crippen LogP contribution in [0.5, 0.6) is 0 Å². The Morgan fingerprint density at radius 3 is 2.62 bits per heavy atom. The zero-order valence-electron chi connectivity index (χ0n) is 13.8. The van der Waals surface area contributed by atoms with Crippen LogP contribution in [0.2, 0.25) is 0 Å². The summed E-state index contributed by atoms with van der Waals surface area (Å²) >= 11 is 0. The average molecular weight is 332 g/mol. The number of amides is 2. The second-order valence-corrected chi connectivity index (χ2v) is 5.46. The van der Waals surface area contributed by atoms with E-state index in [0.717, 1.165) is 6.42 Å². The van der Waals surface area contributed by atoms with Crippen molar-refractivity contribution in [2.75, 3.05) is 17.3 Å². The molecule has 0 fully saturated rings. The quantitative estimate of drug-likeness (QED) is 0.752. The van der Waals surface area contributed by atoms with Gasteiger partial charge in [0.15, 0.2) is 0 Å². The van der Waals surface area contributed by atoms with Gasteiger partial charge in [-0.15, -0.1) is 0 Å². The van der Waals surface area contributed by atoms with E-state index in [1.54, 1.807) is 32.6 Å². The fourth-order valence-electron chi connectivity index (χ4n) is 2.28. The number of nitrogens with one attached hydrogen (secondary N) is 2. The summed E-state index contributed by atoms with van der Waals surface area (Å²) < 4.78 is 1.44. The maximum atomic E-state index is 12.5. The number of aryl methyl sites for hydroxylation is 1. The van der Waals surface area contributed by atoms with Crippen LogP contribution in [0.3, 0.4) is 0 Å². The normalized spacial score (nSPS) is 10.5. The van der Waals surface area contributed by atoms with Crippen molar-refractivity contribution in [3.63, 3.8) is 0 Å². The number of carbonyl (C=O) groups excluding carboxylic acids is 2. The molecular weight excluding hydrogens is 312 g/mol. The first-order chi connectivity index (χ1) is 11.3. The van der Waals surface area contributed by atoms with Gasteiger partial charge in [0.1, 0.15) is 11.4 Å². The van der Waals surface area contributed by atoms with Crippen LogP contribution in [-0.4, -0.2) is 39.5 Å². The summed E-state index contributed by atoms with van der Waals surface area (Å²) in [5.74, 6) is -1.52. The minimum Gasteiger partial charge on any atom is -0.477 e. The van der Waals surface area contributed by atoms with Gasteiger partial charge in [-0.3, -0.25) is 9.59 Å². The number of nitrogens with zero attached hydrogens (tertiary/aromatic N) is 2. The summed E-state index contributed by atoms with van der Waals surface area (Å²) in [5, 5.41) is 11.8. The van der Waals surface area contributed by atoms with Gasteiger partial charge in [-0.05, 0) is 18.6 Å². The molecule has 0 saturated heterocycles. The Morgan fingerprint density at radius 2 is 2.04 bits per heavy atom. The van der Waals surface area contributed by atoms with E-state index in [0.29, 0.717) is 23.5 Å². The van der Waals surface area contributed by atoms with Gasteiger partial charge in [-0.1, -0.05) is 6.92 Å². The second-order valence-electron chi connectivity index (χ2n) is 5.46. The van der Waals surface area contributed by atoms with E-state index in [-0.39, 0.29) is 17.5 Å². The number of aromatic nitrogens is 2. The molecule has 0 radical (unpaired) electrons. The van der Waals surface area contributed by atoms with Crippen molar-refractivity contribution in [1.29, 1.82) is 0 Å². The lowest BCUT2D eigenvalue weighted by molar-refractivity contribution is -0.116. The van der Waals surface area contributed by atoms with Gasteiger partial charge in [0.05, 0.1) is 11.4 Å². The first kappa shape index (κ1) is 17.3. The highest BCUT2D eigenvalue weighted by Gasteiger charge is 2.19. The van der Waals surface area contributed by atoms with Gasteiger partial charge in [0.25, 0.3) is 5.91 Å². The molecule has 2 amide bonds. The zero-order chi connectivity index (χ0) is 17.9. The minimum atomic E-state index is -1.06. The fourth-order valence-corrected chi connectivity index (χ4v) is 2.28. The Bertz CT molecular complexity index is 775. The van der Waals surface area contributed by atoms with Crippen molar-refractivity contribution in [1.82, 2.24) is 9.55 Å². The van der Waals surface area contributed by atoms with E-state index in [2.05, 4.69) is 10.3 Å². The largest absolute Gasteiger partial charge is 0.477 e. The molecule has 24 heavy (non-hydrogen) atoms. The molecule has 0 saturated carbocycles. The lowest BCUT2D eigenvalue weighted by Gasteiger charge is -2.14. The smallest absolute Gasteiger partial charge is 0.352 e. The Labute approximate surface area is 139 Å². The molecule has 0 spiro atoms. The third kappa shape index (κ3) is 3.65. The SMILES string of the molecule is CCCC(=O)Nc1c[nH]c(C(=O)N(C)c2cc(C(=O)O)n(C)c2)c1. The number of H-pyrrole nitrogens is 1. The van der Waals surface area contributed by atoms with Gasteiger partial charge in [-0.25, -0.2) is 4.79 Å². The third-order valence-corrected chi connectivity index (χ3v) is 3.58. The number of hydrogen-bond donors (Lipinski definition) is 3. The molecule has 0 aliphatic carbocycles. The van der Waals surface area contributed by atoms with Crippen molar-refractivity contribution in [3.8, 4) is 0 Å². The molecule has 2 heterocycles. The molecule has 2 aromatic rings. The molecule has 0 bridgehead atoms. The summed E-state index contributed by atoms with van der Waals surface area (Å²) in [6, 6.07) is 2.97. The molecular formula is C16H20N4O4. The third-order valence-electron chi connectivity index (χ3n) is 3.58. The predicted octanol–water partition coefficient (Wildman–Crippen LogP) is 2.07. The molecule has 8 nitrogen and oxygen atoms in total. The molecule has 0 aromatic carbocycles. The van der Waals surface area contributed by atoms with Crippen LogP contribution in [-0.2, 0) is 11.8 Å². The van der Waals surface area contributed by atoms with Gasteiger partial charge < -0.3 is 24.9 Å². The first-order valence-electron chi connectivity index (χ1n) is 7.49. The Morgan fingerprint density at radius 1 is 1.33 bits per heavy atom. The van der Waals surface area contributed by atoms with Crippen molar-refractivity contribution in [2.24, 2.45) is 7.05 Å². The van der Waals surface area contributed by atoms with Crippen molar-refractivity contribution in [2.45, 2.75) is 19.8 Å². The standard InChI is InChI=1S/C16H20N4O4/c1-4-5-14(21)18-10-6-12(17-8-10)15(22)20(3)11-7-13(16(23)24)19(2)9-11/h6-9,17H,4-5H2,1-3H3,(H,18,21)(H,23,24). The average Bonchev–Trinajstić information content (AvgIpc) is 3.12. The van der Waals surface area contributed by atoms with E-state index in [4.69, 9.17) is 5.11 Å². The lowest BCUT2D eigenvalue weighted by Crippen LogP contribution is -2.26. The fraction of sp³-hybridized carbons (Fsp3) is 0.312. The van der Waals surface area contributed by atoms with E-state index in [1.165, 1.54) is 15.5 Å². The molecule has 3 N–H and O–H groups in total. The summed E-state index contributed by atoms with van der Waals surface area (Å²) in [7, 11) is 3.15. The molecule has 0 atom stereocenters. The van der Waals surface area contributed by atoms with E-state index in [1.807, 2.05) is 6.92 Å². The molecule has 0 unspecified atom stereocenters. The van der Waals surface area contributed by atoms with Crippen LogP contribution in [0.1, 0.15) is 40.7 Å². The molecule has 2 aromatic heterocycles. The highest BCUT2D eigenvalue weighted by Crippen LogP contribution is 2.20. The zero-order valence-corrected chi connectivity index (χ0v) is 13.8. The number of anilines is 2. The van der Waals surface area contributed by atoms with E-state index >= 15 is 0 Å². The molecule has 128 valence electrons. The van der Waals surface area contributed by atoms with Crippen molar-refractivity contribution in [3.05, 3.63) is 35.9 Å². The number of rotatable bonds is 6. The van der Waals surface area contributed by atoms with E-state index in [9.17, 15) is 14.4 Å². The molecule has 8 heteroatoms. The number of aromatic amines is 1. The Balaban J connectivity index is 2.14. The summed E-state index contributed by atoms with van der Waals surface area (Å²) in [5.41, 5.74) is 1.37. The first-order valence-corrected chi connectivity index (χ1v) is 7.49. The summed E-state index contributed by atoms with van der Waals surface area (Å²) in [6.45, 7) is 1.91. The summed E-state index contributed by atoms with van der Waals surface area (Å²) in [4.78, 5) is 39.3. The highest BCUT2D eigenvalue weighted by molar-refractivity contribution is 6.06. The topological polar surface area (TPSA) is 107 Å². The predicted molar refractivity (Wildman–Crippen MR) is 89.4 cm³/mol. The van der Waals surface area contributed by atoms with Crippen LogP contribution in [0.4, 0.5) is 11.4 Å². The van der Waals surface area contributed by atoms with E-state index < -0.39 is 5.97 Å². The van der Waals surface area contributed by atoms with Crippen molar-refractivity contribution < 1.29 is 19.5 Å². The molecule has 0 aliphatic rings. The monoisotopic (exact) mass is 332 g/mol. The number of carboxylic acid groups (broad SMARTS) is 1. The van der Waals surface area contributed by atoms with Gasteiger partial charge in [0.2, 0.25) is 5.91 Å². The van der Waals surface area contributed by atoms with Crippen LogP contribution in [0.15, 0.2) is 24.5 Å². The molecule has 0 aliphatic heterocycles. The van der Waals surface area contributed by atoms with Crippen molar-refractivity contribution >= 4 is 29.2 Å². The maximum Gasteiger partial charge on any atom is 0.352 e. The highest BCUT2D eigenvalue weighted by atomic mass is 16.4.